The van der Waals surface area contributed by atoms with E-state index >= 15 is 0 Å². The van der Waals surface area contributed by atoms with Gasteiger partial charge in [-0.2, -0.15) is 0 Å². The van der Waals surface area contributed by atoms with Crippen molar-refractivity contribution >= 4 is 34.3 Å². The van der Waals surface area contributed by atoms with Crippen molar-refractivity contribution in [2.75, 3.05) is 17.2 Å². The summed E-state index contributed by atoms with van der Waals surface area (Å²) in [6.45, 7) is 0.738. The first-order chi connectivity index (χ1) is 13.7. The predicted octanol–water partition coefficient (Wildman–Crippen LogP) is 3.91. The van der Waals surface area contributed by atoms with E-state index in [9.17, 15) is 4.79 Å². The van der Waals surface area contributed by atoms with E-state index in [0.717, 1.165) is 29.6 Å². The number of amides is 1. The molecule has 1 aliphatic heterocycles. The number of carbonyl (C=O) groups is 1. The van der Waals surface area contributed by atoms with E-state index in [1.54, 1.807) is 0 Å². The highest BCUT2D eigenvalue weighted by Gasteiger charge is 2.25. The molecule has 140 valence electrons. The van der Waals surface area contributed by atoms with Crippen LogP contribution in [0.1, 0.15) is 5.56 Å². The van der Waals surface area contributed by atoms with E-state index in [4.69, 9.17) is 4.42 Å². The SMILES string of the molecule is Cn1c(SCC(=O)N2CCc3ccccc32)nnc1-c1cc2ccccc2o1. The third kappa shape index (κ3) is 2.88. The van der Waals surface area contributed by atoms with Crippen molar-refractivity contribution in [3.05, 3.63) is 60.2 Å². The third-order valence-corrected chi connectivity index (χ3v) is 6.00. The number of thioether (sulfide) groups is 1. The van der Waals surface area contributed by atoms with Gasteiger partial charge in [0.15, 0.2) is 16.7 Å². The molecule has 2 aromatic carbocycles. The van der Waals surface area contributed by atoms with E-state index in [2.05, 4.69) is 16.3 Å². The summed E-state index contributed by atoms with van der Waals surface area (Å²) >= 11 is 1.40. The fourth-order valence-corrected chi connectivity index (χ4v) is 4.34. The van der Waals surface area contributed by atoms with E-state index < -0.39 is 0 Å². The van der Waals surface area contributed by atoms with Crippen molar-refractivity contribution in [2.24, 2.45) is 7.05 Å². The first-order valence-electron chi connectivity index (χ1n) is 9.10. The van der Waals surface area contributed by atoms with Gasteiger partial charge < -0.3 is 13.9 Å². The molecule has 3 heterocycles. The van der Waals surface area contributed by atoms with Crippen LogP contribution in [-0.2, 0) is 18.3 Å². The number of anilines is 1. The number of fused-ring (bicyclic) bond motifs is 2. The number of para-hydroxylation sites is 2. The van der Waals surface area contributed by atoms with Crippen molar-refractivity contribution in [1.29, 1.82) is 0 Å². The second kappa shape index (κ2) is 6.83. The molecule has 0 bridgehead atoms. The molecule has 4 aromatic rings. The molecule has 0 aliphatic carbocycles. The number of nitrogens with zero attached hydrogens (tertiary/aromatic N) is 4. The lowest BCUT2D eigenvalue weighted by atomic mass is 10.2. The second-order valence-corrected chi connectivity index (χ2v) is 7.67. The molecule has 2 aromatic heterocycles. The first-order valence-corrected chi connectivity index (χ1v) is 10.1. The molecule has 1 aliphatic rings. The molecular weight excluding hydrogens is 372 g/mol. The maximum atomic E-state index is 12.7. The fraction of sp³-hybridized carbons (Fsp3) is 0.190. The molecule has 7 heteroatoms. The molecule has 0 radical (unpaired) electrons. The molecule has 0 saturated carbocycles. The lowest BCUT2D eigenvalue weighted by Gasteiger charge is -2.16. The van der Waals surface area contributed by atoms with Crippen LogP contribution in [0, 0.1) is 0 Å². The Morgan fingerprint density at radius 2 is 1.96 bits per heavy atom. The quantitative estimate of drug-likeness (QED) is 0.495. The van der Waals surface area contributed by atoms with Crippen LogP contribution < -0.4 is 4.90 Å². The zero-order valence-electron chi connectivity index (χ0n) is 15.3. The van der Waals surface area contributed by atoms with Gasteiger partial charge in [-0.25, -0.2) is 0 Å². The molecule has 6 nitrogen and oxygen atoms in total. The summed E-state index contributed by atoms with van der Waals surface area (Å²) in [6, 6.07) is 17.9. The van der Waals surface area contributed by atoms with Gasteiger partial charge in [-0.05, 0) is 30.2 Å². The molecule has 1 amide bonds. The van der Waals surface area contributed by atoms with Crippen LogP contribution in [0.2, 0.25) is 0 Å². The Balaban J connectivity index is 1.32. The minimum Gasteiger partial charge on any atom is -0.453 e. The average molecular weight is 390 g/mol. The van der Waals surface area contributed by atoms with Crippen molar-refractivity contribution in [3.63, 3.8) is 0 Å². The van der Waals surface area contributed by atoms with Crippen LogP contribution in [-0.4, -0.2) is 33.0 Å². The molecule has 0 fully saturated rings. The van der Waals surface area contributed by atoms with E-state index in [1.807, 2.05) is 65.0 Å². The Labute approximate surface area is 166 Å². The third-order valence-electron chi connectivity index (χ3n) is 4.99. The van der Waals surface area contributed by atoms with E-state index in [0.29, 0.717) is 22.5 Å². The molecule has 0 spiro atoms. The lowest BCUT2D eigenvalue weighted by Crippen LogP contribution is -2.30. The summed E-state index contributed by atoms with van der Waals surface area (Å²) in [6.07, 6.45) is 0.909. The molecule has 0 unspecified atom stereocenters. The number of hydrogen-bond donors (Lipinski definition) is 0. The van der Waals surface area contributed by atoms with E-state index in [-0.39, 0.29) is 5.91 Å². The Morgan fingerprint density at radius 1 is 1.14 bits per heavy atom. The first kappa shape index (κ1) is 17.1. The summed E-state index contributed by atoms with van der Waals surface area (Å²) in [7, 11) is 1.89. The van der Waals surface area contributed by atoms with Crippen LogP contribution >= 0.6 is 11.8 Å². The van der Waals surface area contributed by atoms with Crippen LogP contribution in [0.5, 0.6) is 0 Å². The van der Waals surface area contributed by atoms with Crippen LogP contribution in [0.4, 0.5) is 5.69 Å². The van der Waals surface area contributed by atoms with Gasteiger partial charge in [0.25, 0.3) is 0 Å². The van der Waals surface area contributed by atoms with E-state index in [1.165, 1.54) is 17.3 Å². The molecule has 28 heavy (non-hydrogen) atoms. The molecule has 5 rings (SSSR count). The maximum Gasteiger partial charge on any atom is 0.237 e. The Bertz CT molecular complexity index is 1150. The largest absolute Gasteiger partial charge is 0.453 e. The lowest BCUT2D eigenvalue weighted by molar-refractivity contribution is -0.116. The monoisotopic (exact) mass is 390 g/mol. The second-order valence-electron chi connectivity index (χ2n) is 6.73. The number of aromatic nitrogens is 3. The van der Waals surface area contributed by atoms with Gasteiger partial charge in [0.05, 0.1) is 5.75 Å². The Hall–Kier alpha value is -3.06. The standard InChI is InChI=1S/C21H18N4O2S/c1-24-20(18-12-15-7-3-5-9-17(15)27-18)22-23-21(24)28-13-19(26)25-11-10-14-6-2-4-8-16(14)25/h2-9,12H,10-11,13H2,1H3. The normalized spacial score (nSPS) is 13.2. The minimum absolute atomic E-state index is 0.0863. The van der Waals surface area contributed by atoms with Crippen molar-refractivity contribution in [1.82, 2.24) is 14.8 Å². The number of furan rings is 1. The zero-order valence-corrected chi connectivity index (χ0v) is 16.1. The highest BCUT2D eigenvalue weighted by molar-refractivity contribution is 7.99. The Morgan fingerprint density at radius 3 is 2.86 bits per heavy atom. The molecule has 0 atom stereocenters. The van der Waals surface area contributed by atoms with Crippen LogP contribution in [0.25, 0.3) is 22.6 Å². The number of hydrogen-bond acceptors (Lipinski definition) is 5. The topological polar surface area (TPSA) is 64.2 Å². The molecular formula is C21H18N4O2S. The summed E-state index contributed by atoms with van der Waals surface area (Å²) in [5, 5.41) is 10.2. The Kier molecular flexibility index (Phi) is 4.16. The molecule has 0 N–H and O–H groups in total. The number of rotatable bonds is 4. The van der Waals surface area contributed by atoms with Crippen molar-refractivity contribution < 1.29 is 9.21 Å². The van der Waals surface area contributed by atoms with Gasteiger partial charge in [-0.1, -0.05) is 48.2 Å². The van der Waals surface area contributed by atoms with Crippen molar-refractivity contribution in [3.8, 4) is 11.6 Å². The molecule has 0 saturated heterocycles. The van der Waals surface area contributed by atoms with Gasteiger partial charge in [-0.3, -0.25) is 4.79 Å². The minimum atomic E-state index is 0.0863. The number of carbonyl (C=O) groups excluding carboxylic acids is 1. The maximum absolute atomic E-state index is 12.7. The van der Waals surface area contributed by atoms with Gasteiger partial charge in [0.2, 0.25) is 5.91 Å². The van der Waals surface area contributed by atoms with Gasteiger partial charge >= 0.3 is 0 Å². The summed E-state index contributed by atoms with van der Waals surface area (Å²) in [5.74, 6) is 1.73. The van der Waals surface area contributed by atoms with Crippen LogP contribution in [0.3, 0.4) is 0 Å². The van der Waals surface area contributed by atoms with Gasteiger partial charge in [0, 0.05) is 24.7 Å². The average Bonchev–Trinajstić information content (AvgIpc) is 3.42. The smallest absolute Gasteiger partial charge is 0.237 e. The highest BCUT2D eigenvalue weighted by Crippen LogP contribution is 2.30. The summed E-state index contributed by atoms with van der Waals surface area (Å²) < 4.78 is 7.76. The number of benzene rings is 2. The van der Waals surface area contributed by atoms with Gasteiger partial charge in [0.1, 0.15) is 5.58 Å². The summed E-state index contributed by atoms with van der Waals surface area (Å²) in [4.78, 5) is 14.6. The predicted molar refractivity (Wildman–Crippen MR) is 109 cm³/mol. The van der Waals surface area contributed by atoms with Crippen molar-refractivity contribution in [2.45, 2.75) is 11.6 Å². The zero-order chi connectivity index (χ0) is 19.1. The van der Waals surface area contributed by atoms with Crippen LogP contribution in [0.15, 0.2) is 64.2 Å². The van der Waals surface area contributed by atoms with Gasteiger partial charge in [-0.15, -0.1) is 10.2 Å². The highest BCUT2D eigenvalue weighted by atomic mass is 32.2. The summed E-state index contributed by atoms with van der Waals surface area (Å²) in [5.41, 5.74) is 3.07. The fourth-order valence-electron chi connectivity index (χ4n) is 3.55.